The molecular weight excluding hydrogens is 368 g/mol. The lowest BCUT2D eigenvalue weighted by Gasteiger charge is -2.35. The van der Waals surface area contributed by atoms with E-state index in [1.165, 1.54) is 31.4 Å². The van der Waals surface area contributed by atoms with E-state index in [-0.39, 0.29) is 12.1 Å². The summed E-state index contributed by atoms with van der Waals surface area (Å²) in [5.74, 6) is 1.43. The van der Waals surface area contributed by atoms with Crippen LogP contribution in [-0.2, 0) is 4.74 Å². The van der Waals surface area contributed by atoms with Crippen molar-refractivity contribution in [3.63, 3.8) is 0 Å². The van der Waals surface area contributed by atoms with Crippen LogP contribution in [0.25, 0.3) is 0 Å². The Morgan fingerprint density at radius 2 is 1.90 bits per heavy atom. The highest BCUT2D eigenvalue weighted by Gasteiger charge is 2.34. The molecule has 0 aromatic heterocycles. The van der Waals surface area contributed by atoms with Crippen molar-refractivity contribution in [2.75, 3.05) is 59.6 Å². The van der Waals surface area contributed by atoms with E-state index >= 15 is 0 Å². The molecule has 7 heteroatoms. The van der Waals surface area contributed by atoms with Gasteiger partial charge in [0.05, 0.1) is 26.4 Å². The largest absolute Gasteiger partial charge is 0.497 e. The fourth-order valence-electron chi connectivity index (χ4n) is 4.46. The number of nitrogens with one attached hydrogen (secondary N) is 2. The first-order chi connectivity index (χ1) is 14.2. The van der Waals surface area contributed by atoms with Gasteiger partial charge in [0.15, 0.2) is 0 Å². The Morgan fingerprint density at radius 1 is 1.14 bits per heavy atom. The van der Waals surface area contributed by atoms with Crippen molar-refractivity contribution in [2.45, 2.75) is 31.3 Å². The first-order valence-electron chi connectivity index (χ1n) is 10.9. The molecule has 2 amide bonds. The van der Waals surface area contributed by atoms with Gasteiger partial charge in [0.1, 0.15) is 5.75 Å². The summed E-state index contributed by atoms with van der Waals surface area (Å²) in [4.78, 5) is 17.4. The predicted molar refractivity (Wildman–Crippen MR) is 112 cm³/mol. The molecule has 29 heavy (non-hydrogen) atoms. The van der Waals surface area contributed by atoms with Crippen molar-refractivity contribution in [3.8, 4) is 5.75 Å². The van der Waals surface area contributed by atoms with Crippen molar-refractivity contribution in [3.05, 3.63) is 29.8 Å². The fraction of sp³-hybridized carbons (Fsp3) is 0.682. The van der Waals surface area contributed by atoms with Gasteiger partial charge in [0.25, 0.3) is 0 Å². The molecule has 1 aromatic rings. The van der Waals surface area contributed by atoms with E-state index in [1.54, 1.807) is 7.11 Å². The number of nitrogens with zero attached hydrogens (tertiary/aromatic N) is 2. The van der Waals surface area contributed by atoms with E-state index in [0.29, 0.717) is 12.5 Å². The van der Waals surface area contributed by atoms with Gasteiger partial charge in [-0.25, -0.2) is 4.79 Å². The maximum Gasteiger partial charge on any atom is 0.314 e. The summed E-state index contributed by atoms with van der Waals surface area (Å²) < 4.78 is 10.8. The molecule has 2 heterocycles. The number of carbonyl (C=O) groups excluding carboxylic acids is 1. The standard InChI is InChI=1S/C22H34N4O3/c1-28-20-6-2-18(3-7-20)21(25-10-12-29-13-11-25)15-24-22(27)23-14-17-8-9-26(16-17)19-4-5-19/h2-3,6-7,17,19,21H,4-5,8-16H2,1H3,(H2,23,24,27). The number of methoxy groups -OCH3 is 1. The van der Waals surface area contributed by atoms with Crippen LogP contribution in [0.15, 0.2) is 24.3 Å². The Balaban J connectivity index is 1.27. The Bertz CT molecular complexity index is 659. The fourth-order valence-corrected chi connectivity index (χ4v) is 4.46. The van der Waals surface area contributed by atoms with Crippen LogP contribution in [0.4, 0.5) is 4.79 Å². The zero-order valence-electron chi connectivity index (χ0n) is 17.4. The number of ether oxygens (including phenoxy) is 2. The molecule has 3 fully saturated rings. The minimum absolute atomic E-state index is 0.0679. The lowest BCUT2D eigenvalue weighted by atomic mass is 10.0. The maximum absolute atomic E-state index is 12.4. The van der Waals surface area contributed by atoms with Gasteiger partial charge in [-0.15, -0.1) is 0 Å². The van der Waals surface area contributed by atoms with Gasteiger partial charge in [0.2, 0.25) is 0 Å². The molecule has 7 nitrogen and oxygen atoms in total. The molecular formula is C22H34N4O3. The molecule has 2 unspecified atom stereocenters. The third-order valence-corrected chi connectivity index (χ3v) is 6.37. The van der Waals surface area contributed by atoms with Gasteiger partial charge in [-0.05, 0) is 49.4 Å². The van der Waals surface area contributed by atoms with Crippen molar-refractivity contribution < 1.29 is 14.3 Å². The third-order valence-electron chi connectivity index (χ3n) is 6.37. The first kappa shape index (κ1) is 20.4. The van der Waals surface area contributed by atoms with Crippen molar-refractivity contribution in [1.82, 2.24) is 20.4 Å². The number of likely N-dealkylation sites (tertiary alicyclic amines) is 1. The van der Waals surface area contributed by atoms with E-state index in [2.05, 4.69) is 32.6 Å². The predicted octanol–water partition coefficient (Wildman–Crippen LogP) is 1.85. The summed E-state index contributed by atoms with van der Waals surface area (Å²) in [6.07, 6.45) is 3.91. The average molecular weight is 403 g/mol. The van der Waals surface area contributed by atoms with Crippen LogP contribution in [0, 0.1) is 5.92 Å². The average Bonchev–Trinajstić information content (AvgIpc) is 3.51. The van der Waals surface area contributed by atoms with Crippen molar-refractivity contribution in [2.24, 2.45) is 5.92 Å². The first-order valence-corrected chi connectivity index (χ1v) is 10.9. The molecule has 1 saturated carbocycles. The summed E-state index contributed by atoms with van der Waals surface area (Å²) in [5.41, 5.74) is 1.18. The number of hydrogen-bond acceptors (Lipinski definition) is 5. The van der Waals surface area contributed by atoms with Crippen LogP contribution in [0.1, 0.15) is 30.9 Å². The number of morpholine rings is 1. The van der Waals surface area contributed by atoms with Crippen LogP contribution in [0.3, 0.4) is 0 Å². The summed E-state index contributed by atoms with van der Waals surface area (Å²) in [7, 11) is 1.68. The SMILES string of the molecule is COc1ccc(C(CNC(=O)NCC2CCN(C3CC3)C2)N2CCOCC2)cc1. The molecule has 2 saturated heterocycles. The number of urea groups is 1. The van der Waals surface area contributed by atoms with E-state index in [0.717, 1.165) is 51.2 Å². The van der Waals surface area contributed by atoms with E-state index < -0.39 is 0 Å². The molecule has 4 rings (SSSR count). The van der Waals surface area contributed by atoms with Crippen LogP contribution in [0.5, 0.6) is 5.75 Å². The Hall–Kier alpha value is -1.83. The Kier molecular flexibility index (Phi) is 6.90. The molecule has 3 aliphatic rings. The highest BCUT2D eigenvalue weighted by atomic mass is 16.5. The molecule has 160 valence electrons. The smallest absolute Gasteiger partial charge is 0.314 e. The summed E-state index contributed by atoms with van der Waals surface area (Å²) in [5, 5.41) is 6.19. The number of benzene rings is 1. The second-order valence-corrected chi connectivity index (χ2v) is 8.41. The van der Waals surface area contributed by atoms with Crippen molar-refractivity contribution in [1.29, 1.82) is 0 Å². The van der Waals surface area contributed by atoms with Gasteiger partial charge in [0, 0.05) is 38.8 Å². The third kappa shape index (κ3) is 5.62. The molecule has 2 N–H and O–H groups in total. The van der Waals surface area contributed by atoms with Gasteiger partial charge in [-0.1, -0.05) is 12.1 Å². The lowest BCUT2D eigenvalue weighted by Crippen LogP contribution is -2.46. The number of amides is 2. The summed E-state index contributed by atoms with van der Waals surface area (Å²) >= 11 is 0. The second-order valence-electron chi connectivity index (χ2n) is 8.41. The molecule has 0 bridgehead atoms. The van der Waals surface area contributed by atoms with Crippen LogP contribution < -0.4 is 15.4 Å². The minimum Gasteiger partial charge on any atom is -0.497 e. The maximum atomic E-state index is 12.4. The zero-order chi connectivity index (χ0) is 20.1. The van der Waals surface area contributed by atoms with Crippen LogP contribution >= 0.6 is 0 Å². The monoisotopic (exact) mass is 402 g/mol. The number of hydrogen-bond donors (Lipinski definition) is 2. The van der Waals surface area contributed by atoms with Crippen molar-refractivity contribution >= 4 is 6.03 Å². The molecule has 0 radical (unpaired) electrons. The Morgan fingerprint density at radius 3 is 2.59 bits per heavy atom. The lowest BCUT2D eigenvalue weighted by molar-refractivity contribution is 0.0167. The highest BCUT2D eigenvalue weighted by Crippen LogP contribution is 2.31. The van der Waals surface area contributed by atoms with E-state index in [1.807, 2.05) is 12.1 Å². The molecule has 2 aliphatic heterocycles. The zero-order valence-corrected chi connectivity index (χ0v) is 17.4. The quantitative estimate of drug-likeness (QED) is 0.695. The normalized spacial score (nSPS) is 24.2. The van der Waals surface area contributed by atoms with Gasteiger partial charge in [-0.2, -0.15) is 0 Å². The van der Waals surface area contributed by atoms with Crippen LogP contribution in [-0.4, -0.2) is 81.5 Å². The summed E-state index contributed by atoms with van der Waals surface area (Å²) in [6, 6.07) is 9.03. The highest BCUT2D eigenvalue weighted by molar-refractivity contribution is 5.73. The molecule has 1 aromatic carbocycles. The van der Waals surface area contributed by atoms with Crippen LogP contribution in [0.2, 0.25) is 0 Å². The second kappa shape index (κ2) is 9.78. The Labute approximate surface area is 173 Å². The van der Waals surface area contributed by atoms with E-state index in [4.69, 9.17) is 9.47 Å². The van der Waals surface area contributed by atoms with Gasteiger partial charge in [-0.3, -0.25) is 4.90 Å². The topological polar surface area (TPSA) is 66.1 Å². The van der Waals surface area contributed by atoms with Gasteiger partial charge >= 0.3 is 6.03 Å². The molecule has 2 atom stereocenters. The number of carbonyl (C=O) groups is 1. The van der Waals surface area contributed by atoms with Gasteiger partial charge < -0.3 is 25.0 Å². The summed E-state index contributed by atoms with van der Waals surface area (Å²) in [6.45, 7) is 6.88. The van der Waals surface area contributed by atoms with E-state index in [9.17, 15) is 4.79 Å². The molecule has 0 spiro atoms. The minimum atomic E-state index is -0.0679. The molecule has 1 aliphatic carbocycles. The number of rotatable bonds is 8.